The van der Waals surface area contributed by atoms with Crippen molar-refractivity contribution in [3.63, 3.8) is 0 Å². The van der Waals surface area contributed by atoms with Gasteiger partial charge in [0.05, 0.1) is 6.61 Å². The molecule has 9 nitrogen and oxygen atoms in total. The average Bonchev–Trinajstić information content (AvgIpc) is 3.14. The number of aromatic nitrogens is 3. The van der Waals surface area contributed by atoms with Crippen LogP contribution in [0.25, 0.3) is 0 Å². The fourth-order valence-corrected chi connectivity index (χ4v) is 2.01. The van der Waals surface area contributed by atoms with Crippen molar-refractivity contribution in [1.82, 2.24) is 14.5 Å². The van der Waals surface area contributed by atoms with Crippen molar-refractivity contribution in [1.29, 1.82) is 0 Å². The molecule has 22 heavy (non-hydrogen) atoms. The number of aromatic amines is 1. The van der Waals surface area contributed by atoms with Gasteiger partial charge in [0.1, 0.15) is 24.1 Å². The van der Waals surface area contributed by atoms with Gasteiger partial charge in [0, 0.05) is 18.6 Å². The van der Waals surface area contributed by atoms with E-state index in [0.29, 0.717) is 0 Å². The van der Waals surface area contributed by atoms with E-state index < -0.39 is 36.8 Å². The molecule has 6 N–H and O–H groups in total. The lowest BCUT2D eigenvalue weighted by atomic mass is 10.1. The van der Waals surface area contributed by atoms with Gasteiger partial charge in [-0.05, 0) is 18.2 Å². The minimum Gasteiger partial charge on any atom is -0.394 e. The second-order valence-electron chi connectivity index (χ2n) is 4.66. The number of hydrogen-bond donors (Lipinski definition) is 5. The highest BCUT2D eigenvalue weighted by Crippen LogP contribution is 2.27. The Bertz CT molecular complexity index is 612. The van der Waals surface area contributed by atoms with Crippen molar-refractivity contribution in [2.75, 3.05) is 12.3 Å². The Balaban J connectivity index is 0.000000299. The summed E-state index contributed by atoms with van der Waals surface area (Å²) in [4.78, 5) is 17.9. The summed E-state index contributed by atoms with van der Waals surface area (Å²) in [5, 5.41) is 28.2. The third-order valence-corrected chi connectivity index (χ3v) is 3.14. The van der Waals surface area contributed by atoms with Gasteiger partial charge in [-0.1, -0.05) is 0 Å². The molecule has 0 radical (unpaired) electrons. The molecular formula is C13H18N4O5. The maximum Gasteiger partial charge on any atom is 0.351 e. The maximum atomic E-state index is 11.5. The largest absolute Gasteiger partial charge is 0.394 e. The SMILES string of the molecule is Nc1ccn([C@@H]2O[C@H](CO)[C@@H](O)[C@H]2O)c(=O)n1.c1cc[nH]c1. The standard InChI is InChI=1S/C9H13N3O5.C4H5N/c10-5-1-2-12(9(16)11-5)8-7(15)6(14)4(3-13)17-8;1-2-4-5-3-1/h1-2,4,6-8,13-15H,3H2,(H2,10,11,16);1-5H/t4-,6-,7-,8-;/m1./s1. The summed E-state index contributed by atoms with van der Waals surface area (Å²) in [5.74, 6) is 0.0537. The number of anilines is 1. The second kappa shape index (κ2) is 7.18. The van der Waals surface area contributed by atoms with E-state index >= 15 is 0 Å². The van der Waals surface area contributed by atoms with Crippen molar-refractivity contribution in [3.05, 3.63) is 47.3 Å². The molecule has 1 aliphatic rings. The monoisotopic (exact) mass is 310 g/mol. The van der Waals surface area contributed by atoms with Crippen LogP contribution in [0.5, 0.6) is 0 Å². The molecule has 9 heteroatoms. The van der Waals surface area contributed by atoms with Gasteiger partial charge in [-0.2, -0.15) is 4.98 Å². The Labute approximate surface area is 125 Å². The highest BCUT2D eigenvalue weighted by Gasteiger charge is 2.43. The molecule has 0 aliphatic carbocycles. The van der Waals surface area contributed by atoms with Crippen LogP contribution in [0.15, 0.2) is 41.6 Å². The summed E-state index contributed by atoms with van der Waals surface area (Å²) < 4.78 is 6.19. The normalized spacial score (nSPS) is 27.2. The highest BCUT2D eigenvalue weighted by molar-refractivity contribution is 5.23. The minimum atomic E-state index is -1.31. The fourth-order valence-electron chi connectivity index (χ4n) is 2.01. The van der Waals surface area contributed by atoms with Gasteiger partial charge >= 0.3 is 5.69 Å². The van der Waals surface area contributed by atoms with Crippen molar-refractivity contribution < 1.29 is 20.1 Å². The van der Waals surface area contributed by atoms with E-state index in [1.165, 1.54) is 12.3 Å². The van der Waals surface area contributed by atoms with Gasteiger partial charge in [0.15, 0.2) is 6.23 Å². The minimum absolute atomic E-state index is 0.0537. The third-order valence-electron chi connectivity index (χ3n) is 3.14. The number of aliphatic hydroxyl groups excluding tert-OH is 3. The van der Waals surface area contributed by atoms with Gasteiger partial charge < -0.3 is 30.8 Å². The number of nitrogen functional groups attached to an aromatic ring is 1. The van der Waals surface area contributed by atoms with E-state index in [9.17, 15) is 15.0 Å². The Morgan fingerprint density at radius 1 is 1.32 bits per heavy atom. The quantitative estimate of drug-likeness (QED) is 0.451. The Morgan fingerprint density at radius 2 is 2.00 bits per heavy atom. The van der Waals surface area contributed by atoms with Crippen molar-refractivity contribution >= 4 is 5.82 Å². The molecule has 0 aromatic carbocycles. The molecule has 1 saturated heterocycles. The number of nitrogens with one attached hydrogen (secondary N) is 1. The second-order valence-corrected chi connectivity index (χ2v) is 4.66. The van der Waals surface area contributed by atoms with Crippen LogP contribution in [0.4, 0.5) is 5.82 Å². The fraction of sp³-hybridized carbons (Fsp3) is 0.385. The molecule has 3 rings (SSSR count). The van der Waals surface area contributed by atoms with Crippen LogP contribution < -0.4 is 11.4 Å². The summed E-state index contributed by atoms with van der Waals surface area (Å²) in [5.41, 5.74) is 4.63. The molecule has 0 spiro atoms. The average molecular weight is 310 g/mol. The first-order chi connectivity index (χ1) is 10.5. The van der Waals surface area contributed by atoms with Crippen LogP contribution in [0.2, 0.25) is 0 Å². The summed E-state index contributed by atoms with van der Waals surface area (Å²) >= 11 is 0. The molecule has 4 atom stereocenters. The number of nitrogens with zero attached hydrogens (tertiary/aromatic N) is 2. The first kappa shape index (κ1) is 16.2. The van der Waals surface area contributed by atoms with E-state index in [1.54, 1.807) is 0 Å². The number of hydrogen-bond acceptors (Lipinski definition) is 7. The maximum absolute atomic E-state index is 11.5. The zero-order chi connectivity index (χ0) is 16.1. The van der Waals surface area contributed by atoms with Crippen LogP contribution in [0, 0.1) is 0 Å². The molecule has 2 aromatic heterocycles. The molecular weight excluding hydrogens is 292 g/mol. The van der Waals surface area contributed by atoms with Crippen molar-refractivity contribution in [2.24, 2.45) is 0 Å². The van der Waals surface area contributed by atoms with Gasteiger partial charge in [-0.15, -0.1) is 0 Å². The number of aliphatic hydroxyl groups is 3. The summed E-state index contributed by atoms with van der Waals surface area (Å²) in [7, 11) is 0. The number of nitrogens with two attached hydrogens (primary N) is 1. The lowest BCUT2D eigenvalue weighted by molar-refractivity contribution is -0.0549. The lowest BCUT2D eigenvalue weighted by Gasteiger charge is -2.16. The van der Waals surface area contributed by atoms with E-state index in [0.717, 1.165) is 4.57 Å². The van der Waals surface area contributed by atoms with Gasteiger partial charge in [0.25, 0.3) is 0 Å². The van der Waals surface area contributed by atoms with Crippen LogP contribution in [0.1, 0.15) is 6.23 Å². The summed E-state index contributed by atoms with van der Waals surface area (Å²) in [6.45, 7) is -0.453. The van der Waals surface area contributed by atoms with Crippen molar-refractivity contribution in [3.8, 4) is 0 Å². The van der Waals surface area contributed by atoms with Crippen LogP contribution in [0.3, 0.4) is 0 Å². The van der Waals surface area contributed by atoms with E-state index in [-0.39, 0.29) is 5.82 Å². The summed E-state index contributed by atoms with van der Waals surface area (Å²) in [6, 6.07) is 5.26. The van der Waals surface area contributed by atoms with Crippen LogP contribution >= 0.6 is 0 Å². The lowest BCUT2D eigenvalue weighted by Crippen LogP contribution is -2.36. The van der Waals surface area contributed by atoms with Gasteiger partial charge in [0.2, 0.25) is 0 Å². The molecule has 1 fully saturated rings. The smallest absolute Gasteiger partial charge is 0.351 e. The van der Waals surface area contributed by atoms with E-state index in [1.807, 2.05) is 24.5 Å². The molecule has 0 bridgehead atoms. The molecule has 0 saturated carbocycles. The molecule has 1 aliphatic heterocycles. The molecule has 0 amide bonds. The summed E-state index contributed by atoms with van der Waals surface area (Å²) in [6.07, 6.45) is 0.484. The number of H-pyrrole nitrogens is 1. The topological polar surface area (TPSA) is 147 Å². The zero-order valence-electron chi connectivity index (χ0n) is 11.6. The first-order valence-corrected chi connectivity index (χ1v) is 6.59. The van der Waals surface area contributed by atoms with E-state index in [4.69, 9.17) is 15.6 Å². The predicted octanol–water partition coefficient (Wildman–Crippen LogP) is -1.55. The number of ether oxygens (including phenoxy) is 1. The first-order valence-electron chi connectivity index (χ1n) is 6.59. The molecule has 3 heterocycles. The molecule has 2 aromatic rings. The number of rotatable bonds is 2. The van der Waals surface area contributed by atoms with E-state index in [2.05, 4.69) is 9.97 Å². The van der Waals surface area contributed by atoms with Crippen LogP contribution in [-0.2, 0) is 4.74 Å². The Hall–Kier alpha value is -2.20. The van der Waals surface area contributed by atoms with Gasteiger partial charge in [-0.25, -0.2) is 4.79 Å². The zero-order valence-corrected chi connectivity index (χ0v) is 11.6. The third kappa shape index (κ3) is 3.52. The molecule has 120 valence electrons. The Morgan fingerprint density at radius 3 is 2.45 bits per heavy atom. The van der Waals surface area contributed by atoms with Crippen LogP contribution in [-0.4, -0.2) is 54.8 Å². The Kier molecular flexibility index (Phi) is 5.28. The van der Waals surface area contributed by atoms with Crippen molar-refractivity contribution in [2.45, 2.75) is 24.5 Å². The van der Waals surface area contributed by atoms with Gasteiger partial charge in [-0.3, -0.25) is 4.57 Å². The highest BCUT2D eigenvalue weighted by atomic mass is 16.6. The molecule has 0 unspecified atom stereocenters. The predicted molar refractivity (Wildman–Crippen MR) is 76.7 cm³/mol.